The van der Waals surface area contributed by atoms with Gasteiger partial charge in [-0.25, -0.2) is 18.4 Å². The van der Waals surface area contributed by atoms with Gasteiger partial charge in [-0.05, 0) is 17.7 Å². The molecular weight excluding hydrogens is 527 g/mol. The number of ketones is 1. The maximum Gasteiger partial charge on any atom is 0.501 e. The fourth-order valence-electron chi connectivity index (χ4n) is 2.97. The molecule has 0 aliphatic rings. The van der Waals surface area contributed by atoms with E-state index in [1.807, 2.05) is 0 Å². The lowest BCUT2D eigenvalue weighted by Gasteiger charge is -2.08. The number of hydrogen-bond donors (Lipinski definition) is 2. The minimum absolute atomic E-state index is 0.0270. The van der Waals surface area contributed by atoms with Gasteiger partial charge in [-0.3, -0.25) is 9.59 Å². The number of nitrogens with zero attached hydrogens (tertiary/aromatic N) is 2. The molecule has 0 saturated carbocycles. The number of aliphatic hydroxyl groups is 1. The van der Waals surface area contributed by atoms with Gasteiger partial charge in [0.15, 0.2) is 0 Å². The normalized spacial score (nSPS) is 12.0. The van der Waals surface area contributed by atoms with Gasteiger partial charge in [-0.1, -0.05) is 19.1 Å². The lowest BCUT2D eigenvalue weighted by atomic mass is 10.1. The standard InChI is InChI=1S/C21H20F3N3O5S3/c1-2-17(30)25-9-15-20(34-19(10-28)26-15)16-11-33-18(27-16)8-13(29)7-12-3-5-14(6-4-12)35(31,32)21(22,23)24/h3-6,11,28H,2,7-10H2,1H3,(H,25,30). The lowest BCUT2D eigenvalue weighted by molar-refractivity contribution is -0.121. The summed E-state index contributed by atoms with van der Waals surface area (Å²) in [5, 5.41) is 14.8. The number of aromatic nitrogens is 2. The van der Waals surface area contributed by atoms with Crippen LogP contribution >= 0.6 is 22.7 Å². The molecule has 0 aliphatic heterocycles. The largest absolute Gasteiger partial charge is 0.501 e. The predicted octanol–water partition coefficient (Wildman–Crippen LogP) is 3.43. The molecule has 8 nitrogen and oxygen atoms in total. The Bertz CT molecular complexity index is 1320. The highest BCUT2D eigenvalue weighted by molar-refractivity contribution is 7.92. The Labute approximate surface area is 206 Å². The summed E-state index contributed by atoms with van der Waals surface area (Å²) in [6.45, 7) is 1.63. The monoisotopic (exact) mass is 547 g/mol. The average Bonchev–Trinajstić information content (AvgIpc) is 3.43. The smallest absolute Gasteiger partial charge is 0.389 e. The van der Waals surface area contributed by atoms with Gasteiger partial charge in [-0.15, -0.1) is 22.7 Å². The first-order chi connectivity index (χ1) is 16.4. The molecule has 0 aliphatic carbocycles. The van der Waals surface area contributed by atoms with E-state index in [1.54, 1.807) is 12.3 Å². The Balaban J connectivity index is 1.68. The average molecular weight is 548 g/mol. The summed E-state index contributed by atoms with van der Waals surface area (Å²) < 4.78 is 60.9. The number of Topliss-reactive ketones (excluding diaryl/α,β-unsaturated/α-hetero) is 1. The van der Waals surface area contributed by atoms with Gasteiger partial charge in [-0.2, -0.15) is 13.2 Å². The number of carbonyl (C=O) groups is 2. The third-order valence-electron chi connectivity index (χ3n) is 4.72. The minimum atomic E-state index is -5.44. The maximum absolute atomic E-state index is 12.7. The molecule has 0 atom stereocenters. The zero-order valence-electron chi connectivity index (χ0n) is 18.3. The fourth-order valence-corrected chi connectivity index (χ4v) is 5.52. The van der Waals surface area contributed by atoms with Crippen molar-refractivity contribution >= 4 is 44.2 Å². The molecule has 14 heteroatoms. The summed E-state index contributed by atoms with van der Waals surface area (Å²) >= 11 is 2.47. The van der Waals surface area contributed by atoms with Gasteiger partial charge >= 0.3 is 5.51 Å². The van der Waals surface area contributed by atoms with E-state index in [0.717, 1.165) is 12.1 Å². The highest BCUT2D eigenvalue weighted by Gasteiger charge is 2.46. The van der Waals surface area contributed by atoms with Crippen LogP contribution in [0.3, 0.4) is 0 Å². The van der Waals surface area contributed by atoms with Crippen LogP contribution in [0.2, 0.25) is 0 Å². The van der Waals surface area contributed by atoms with Gasteiger partial charge < -0.3 is 10.4 Å². The van der Waals surface area contributed by atoms with E-state index in [2.05, 4.69) is 15.3 Å². The molecule has 3 aromatic rings. The van der Waals surface area contributed by atoms with Crippen molar-refractivity contribution in [3.8, 4) is 10.6 Å². The zero-order chi connectivity index (χ0) is 25.8. The molecule has 2 N–H and O–H groups in total. The molecule has 0 bridgehead atoms. The first kappa shape index (κ1) is 26.9. The molecule has 1 aromatic carbocycles. The Hall–Kier alpha value is -2.68. The molecule has 2 heterocycles. The number of alkyl halides is 3. The number of aliphatic hydroxyl groups excluding tert-OH is 1. The first-order valence-corrected chi connectivity index (χ1v) is 13.4. The van der Waals surface area contributed by atoms with Crippen LogP contribution in [-0.4, -0.2) is 40.7 Å². The molecule has 2 aromatic heterocycles. The quantitative estimate of drug-likeness (QED) is 0.398. The zero-order valence-corrected chi connectivity index (χ0v) is 20.7. The second kappa shape index (κ2) is 10.9. The molecule has 1 amide bonds. The number of nitrogens with one attached hydrogen (secondary N) is 1. The van der Waals surface area contributed by atoms with Crippen molar-refractivity contribution in [2.24, 2.45) is 0 Å². The number of amides is 1. The lowest BCUT2D eigenvalue weighted by Crippen LogP contribution is -2.23. The second-order valence-electron chi connectivity index (χ2n) is 7.28. The SMILES string of the molecule is CCC(=O)NCc1nc(CO)sc1-c1csc(CC(=O)Cc2ccc(S(=O)(=O)C(F)(F)F)cc2)n1. The number of carbonyl (C=O) groups excluding carboxylic acids is 2. The number of thiazole rings is 2. The molecule has 0 saturated heterocycles. The predicted molar refractivity (Wildman–Crippen MR) is 123 cm³/mol. The molecule has 0 spiro atoms. The first-order valence-electron chi connectivity index (χ1n) is 10.2. The Morgan fingerprint density at radius 1 is 1.09 bits per heavy atom. The topological polar surface area (TPSA) is 126 Å². The number of hydrogen-bond acceptors (Lipinski definition) is 9. The van der Waals surface area contributed by atoms with Gasteiger partial charge in [0, 0.05) is 18.2 Å². The summed E-state index contributed by atoms with van der Waals surface area (Å²) in [6.07, 6.45) is 0.182. The van der Waals surface area contributed by atoms with Crippen molar-refractivity contribution in [3.05, 3.63) is 50.9 Å². The summed E-state index contributed by atoms with van der Waals surface area (Å²) in [4.78, 5) is 32.6. The highest BCUT2D eigenvalue weighted by atomic mass is 32.2. The number of sulfone groups is 1. The maximum atomic E-state index is 12.7. The van der Waals surface area contributed by atoms with Crippen LogP contribution in [0.5, 0.6) is 0 Å². The van der Waals surface area contributed by atoms with E-state index in [4.69, 9.17) is 0 Å². The van der Waals surface area contributed by atoms with E-state index in [1.165, 1.54) is 34.8 Å². The van der Waals surface area contributed by atoms with Crippen LogP contribution < -0.4 is 5.32 Å². The van der Waals surface area contributed by atoms with E-state index in [-0.39, 0.29) is 37.7 Å². The summed E-state index contributed by atoms with van der Waals surface area (Å²) in [5.41, 5.74) is -3.92. The van der Waals surface area contributed by atoms with Crippen LogP contribution in [0.4, 0.5) is 13.2 Å². The van der Waals surface area contributed by atoms with Crippen molar-refractivity contribution in [1.82, 2.24) is 15.3 Å². The second-order valence-corrected chi connectivity index (χ2v) is 11.3. The van der Waals surface area contributed by atoms with Crippen LogP contribution in [0.1, 0.15) is 34.6 Å². The van der Waals surface area contributed by atoms with Crippen molar-refractivity contribution < 1.29 is 36.3 Å². The van der Waals surface area contributed by atoms with Crippen LogP contribution in [0, 0.1) is 0 Å². The summed E-state index contributed by atoms with van der Waals surface area (Å²) in [6, 6.07) is 4.01. The van der Waals surface area contributed by atoms with Crippen LogP contribution in [0.25, 0.3) is 10.6 Å². The number of rotatable bonds is 10. The molecule has 0 radical (unpaired) electrons. The molecule has 0 unspecified atom stereocenters. The van der Waals surface area contributed by atoms with Gasteiger partial charge in [0.2, 0.25) is 5.91 Å². The van der Waals surface area contributed by atoms with Gasteiger partial charge in [0.1, 0.15) is 15.8 Å². The number of benzene rings is 1. The van der Waals surface area contributed by atoms with Crippen molar-refractivity contribution in [2.45, 2.75) is 49.7 Å². The number of halogens is 3. The van der Waals surface area contributed by atoms with Crippen molar-refractivity contribution in [3.63, 3.8) is 0 Å². The third-order valence-corrected chi connectivity index (χ3v) is 8.18. The Morgan fingerprint density at radius 2 is 1.77 bits per heavy atom. The van der Waals surface area contributed by atoms with Crippen LogP contribution in [-0.2, 0) is 45.4 Å². The van der Waals surface area contributed by atoms with Gasteiger partial charge in [0.25, 0.3) is 9.84 Å². The van der Waals surface area contributed by atoms with E-state index in [0.29, 0.717) is 38.3 Å². The molecule has 35 heavy (non-hydrogen) atoms. The van der Waals surface area contributed by atoms with E-state index >= 15 is 0 Å². The minimum Gasteiger partial charge on any atom is -0.389 e. The Morgan fingerprint density at radius 3 is 2.37 bits per heavy atom. The molecule has 0 fully saturated rings. The Kier molecular flexibility index (Phi) is 8.41. The summed E-state index contributed by atoms with van der Waals surface area (Å²) in [7, 11) is -5.44. The molecular formula is C21H20F3N3O5S3. The third kappa shape index (κ3) is 6.51. The van der Waals surface area contributed by atoms with Crippen LogP contribution in [0.15, 0.2) is 34.5 Å². The van der Waals surface area contributed by atoms with Crippen molar-refractivity contribution in [1.29, 1.82) is 0 Å². The molecule has 3 rings (SSSR count). The van der Waals surface area contributed by atoms with E-state index < -0.39 is 20.2 Å². The van der Waals surface area contributed by atoms with Crippen molar-refractivity contribution in [2.75, 3.05) is 0 Å². The highest BCUT2D eigenvalue weighted by Crippen LogP contribution is 2.32. The fraction of sp³-hybridized carbons (Fsp3) is 0.333. The van der Waals surface area contributed by atoms with Gasteiger partial charge in [0.05, 0.1) is 40.7 Å². The summed E-state index contributed by atoms with van der Waals surface area (Å²) in [5.74, 6) is -0.406. The van der Waals surface area contributed by atoms with E-state index in [9.17, 15) is 36.3 Å². The molecule has 188 valence electrons.